The van der Waals surface area contributed by atoms with Crippen molar-refractivity contribution in [1.82, 2.24) is 5.32 Å². The molecule has 0 saturated carbocycles. The summed E-state index contributed by atoms with van der Waals surface area (Å²) < 4.78 is 29.6. The van der Waals surface area contributed by atoms with E-state index in [0.717, 1.165) is 11.3 Å². The average Bonchev–Trinajstić information content (AvgIpc) is 2.30. The predicted octanol–water partition coefficient (Wildman–Crippen LogP) is 1.94. The lowest BCUT2D eigenvalue weighted by Crippen LogP contribution is -2.31. The lowest BCUT2D eigenvalue weighted by atomic mass is 10.1. The highest BCUT2D eigenvalue weighted by Gasteiger charge is 2.12. The van der Waals surface area contributed by atoms with Crippen LogP contribution in [-0.4, -0.2) is 26.1 Å². The van der Waals surface area contributed by atoms with Crippen LogP contribution in [0.5, 0.6) is 5.75 Å². The first-order chi connectivity index (χ1) is 8.17. The molecule has 1 rings (SSSR count). The molecule has 1 atom stereocenters. The number of hydrogen-bond acceptors (Lipinski definition) is 3. The summed E-state index contributed by atoms with van der Waals surface area (Å²) in [6.45, 7) is 2.37. The number of benzene rings is 1. The fourth-order valence-corrected chi connectivity index (χ4v) is 1.56. The van der Waals surface area contributed by atoms with Crippen molar-refractivity contribution in [1.29, 1.82) is 0 Å². The van der Waals surface area contributed by atoms with Gasteiger partial charge in [-0.1, -0.05) is 12.1 Å². The summed E-state index contributed by atoms with van der Waals surface area (Å²) in [5.74, 6) is 0.724. The molecule has 0 heterocycles. The molecule has 0 saturated heterocycles. The Morgan fingerprint density at radius 1 is 1.41 bits per heavy atom. The van der Waals surface area contributed by atoms with Crippen molar-refractivity contribution in [2.24, 2.45) is 5.73 Å². The molecule has 0 spiro atoms. The van der Waals surface area contributed by atoms with Gasteiger partial charge in [-0.15, -0.1) is 0 Å². The first-order valence-electron chi connectivity index (χ1n) is 5.61. The molecule has 1 aromatic rings. The molecule has 0 aliphatic rings. The van der Waals surface area contributed by atoms with Crippen molar-refractivity contribution < 1.29 is 13.5 Å². The number of halogens is 2. The minimum absolute atomic E-state index is 0.266. The van der Waals surface area contributed by atoms with Gasteiger partial charge in [-0.2, -0.15) is 0 Å². The zero-order valence-corrected chi connectivity index (χ0v) is 9.83. The van der Waals surface area contributed by atoms with Gasteiger partial charge in [-0.3, -0.25) is 0 Å². The lowest BCUT2D eigenvalue weighted by molar-refractivity contribution is 0.141. The molecule has 1 aromatic carbocycles. The topological polar surface area (TPSA) is 47.3 Å². The number of nitrogens with two attached hydrogens (primary N) is 1. The maximum absolute atomic E-state index is 12.1. The Balaban J connectivity index is 2.69. The molecule has 0 bridgehead atoms. The quantitative estimate of drug-likeness (QED) is 0.770. The molecule has 0 radical (unpaired) electrons. The van der Waals surface area contributed by atoms with Crippen LogP contribution in [0, 0.1) is 0 Å². The van der Waals surface area contributed by atoms with Gasteiger partial charge in [-0.25, -0.2) is 8.78 Å². The van der Waals surface area contributed by atoms with Crippen LogP contribution in [0.1, 0.15) is 18.5 Å². The van der Waals surface area contributed by atoms with Crippen molar-refractivity contribution >= 4 is 0 Å². The van der Waals surface area contributed by atoms with Gasteiger partial charge >= 0.3 is 0 Å². The van der Waals surface area contributed by atoms with Crippen LogP contribution in [0.2, 0.25) is 0 Å². The Kier molecular flexibility index (Phi) is 5.86. The molecule has 0 aromatic heterocycles. The van der Waals surface area contributed by atoms with E-state index in [-0.39, 0.29) is 19.1 Å². The van der Waals surface area contributed by atoms with Gasteiger partial charge in [0.05, 0.1) is 13.2 Å². The van der Waals surface area contributed by atoms with Gasteiger partial charge in [0.1, 0.15) is 5.75 Å². The molecule has 0 aliphatic heterocycles. The second-order valence-electron chi connectivity index (χ2n) is 3.59. The molecule has 3 N–H and O–H groups in total. The molecule has 0 fully saturated rings. The third kappa shape index (κ3) is 4.66. The summed E-state index contributed by atoms with van der Waals surface area (Å²) in [6.07, 6.45) is -2.38. The predicted molar refractivity (Wildman–Crippen MR) is 63.4 cm³/mol. The van der Waals surface area contributed by atoms with Crippen LogP contribution in [0.25, 0.3) is 0 Å². The van der Waals surface area contributed by atoms with Gasteiger partial charge in [0.25, 0.3) is 6.43 Å². The Hall–Kier alpha value is -1.20. The van der Waals surface area contributed by atoms with Crippen molar-refractivity contribution in [3.05, 3.63) is 29.8 Å². The van der Waals surface area contributed by atoms with Gasteiger partial charge in [0.2, 0.25) is 0 Å². The summed E-state index contributed by atoms with van der Waals surface area (Å²) in [6, 6.07) is 7.04. The van der Waals surface area contributed by atoms with E-state index in [2.05, 4.69) is 5.32 Å². The highest BCUT2D eigenvalue weighted by Crippen LogP contribution is 2.19. The smallest absolute Gasteiger partial charge is 0.250 e. The summed E-state index contributed by atoms with van der Waals surface area (Å²) in [4.78, 5) is 0. The number of hydrogen-bond donors (Lipinski definition) is 2. The standard InChI is InChI=1S/C12H18F2N2O/c1-2-17-10-5-3-4-9(6-10)11(7-15)16-8-12(13)14/h3-6,11-12,16H,2,7-8,15H2,1H3. The molecule has 0 amide bonds. The van der Waals surface area contributed by atoms with Gasteiger partial charge in [-0.05, 0) is 24.6 Å². The van der Waals surface area contributed by atoms with E-state index in [4.69, 9.17) is 10.5 Å². The number of nitrogens with one attached hydrogen (secondary N) is 1. The molecule has 0 aliphatic carbocycles. The molecule has 17 heavy (non-hydrogen) atoms. The van der Waals surface area contributed by atoms with Crippen LogP contribution in [0.4, 0.5) is 8.78 Å². The largest absolute Gasteiger partial charge is 0.494 e. The monoisotopic (exact) mass is 244 g/mol. The fraction of sp³-hybridized carbons (Fsp3) is 0.500. The zero-order valence-electron chi connectivity index (χ0n) is 9.83. The molecule has 3 nitrogen and oxygen atoms in total. The fourth-order valence-electron chi connectivity index (χ4n) is 1.56. The van der Waals surface area contributed by atoms with E-state index in [1.165, 1.54) is 0 Å². The summed E-state index contributed by atoms with van der Waals surface area (Å²) in [5.41, 5.74) is 6.43. The highest BCUT2D eigenvalue weighted by molar-refractivity contribution is 5.30. The highest BCUT2D eigenvalue weighted by atomic mass is 19.3. The van der Waals surface area contributed by atoms with Crippen molar-refractivity contribution in [2.45, 2.75) is 19.4 Å². The van der Waals surface area contributed by atoms with Crippen molar-refractivity contribution in [3.63, 3.8) is 0 Å². The SMILES string of the molecule is CCOc1cccc(C(CN)NCC(F)F)c1. The van der Waals surface area contributed by atoms with Crippen molar-refractivity contribution in [3.8, 4) is 5.75 Å². The van der Waals surface area contributed by atoms with Crippen LogP contribution < -0.4 is 15.8 Å². The van der Waals surface area contributed by atoms with E-state index >= 15 is 0 Å². The molecule has 1 unspecified atom stereocenters. The number of alkyl halides is 2. The van der Waals surface area contributed by atoms with Crippen LogP contribution >= 0.6 is 0 Å². The van der Waals surface area contributed by atoms with E-state index < -0.39 is 6.43 Å². The normalized spacial score (nSPS) is 12.8. The second-order valence-corrected chi connectivity index (χ2v) is 3.59. The molecular weight excluding hydrogens is 226 g/mol. The van der Waals surface area contributed by atoms with E-state index in [1.54, 1.807) is 0 Å². The molecule has 5 heteroatoms. The summed E-state index contributed by atoms with van der Waals surface area (Å²) in [7, 11) is 0. The van der Waals surface area contributed by atoms with E-state index in [1.807, 2.05) is 31.2 Å². The third-order valence-electron chi connectivity index (χ3n) is 2.33. The summed E-state index contributed by atoms with van der Waals surface area (Å²) >= 11 is 0. The molecule has 96 valence electrons. The van der Waals surface area contributed by atoms with E-state index in [0.29, 0.717) is 6.61 Å². The molecular formula is C12H18F2N2O. The third-order valence-corrected chi connectivity index (χ3v) is 2.33. The average molecular weight is 244 g/mol. The lowest BCUT2D eigenvalue weighted by Gasteiger charge is -2.17. The zero-order chi connectivity index (χ0) is 12.7. The Bertz CT molecular complexity index is 334. The second kappa shape index (κ2) is 7.19. The van der Waals surface area contributed by atoms with Crippen LogP contribution in [0.15, 0.2) is 24.3 Å². The van der Waals surface area contributed by atoms with Gasteiger partial charge in [0, 0.05) is 12.6 Å². The Morgan fingerprint density at radius 3 is 2.76 bits per heavy atom. The first kappa shape index (κ1) is 13.9. The minimum atomic E-state index is -2.38. The number of rotatable bonds is 7. The number of ether oxygens (including phenoxy) is 1. The summed E-state index contributed by atoms with van der Waals surface area (Å²) in [5, 5.41) is 2.72. The van der Waals surface area contributed by atoms with Crippen LogP contribution in [0.3, 0.4) is 0 Å². The van der Waals surface area contributed by atoms with Gasteiger partial charge < -0.3 is 15.8 Å². The maximum atomic E-state index is 12.1. The van der Waals surface area contributed by atoms with Crippen molar-refractivity contribution in [2.75, 3.05) is 19.7 Å². The maximum Gasteiger partial charge on any atom is 0.250 e. The van der Waals surface area contributed by atoms with Crippen LogP contribution in [-0.2, 0) is 0 Å². The Morgan fingerprint density at radius 2 is 2.18 bits per heavy atom. The first-order valence-corrected chi connectivity index (χ1v) is 5.61. The minimum Gasteiger partial charge on any atom is -0.494 e. The Labute approximate surface area is 100.0 Å². The van der Waals surface area contributed by atoms with E-state index in [9.17, 15) is 8.78 Å². The van der Waals surface area contributed by atoms with Gasteiger partial charge in [0.15, 0.2) is 0 Å².